The maximum atomic E-state index is 11.3. The number of carbonyl (C=O) groups is 1. The Morgan fingerprint density at radius 3 is 2.80 bits per heavy atom. The smallest absolute Gasteiger partial charge is 0.337 e. The summed E-state index contributed by atoms with van der Waals surface area (Å²) in [7, 11) is 1.36. The third-order valence-electron chi connectivity index (χ3n) is 2.09. The SMILES string of the molecule is COC(=O)c1cccc(-c2ccco2)c1. The van der Waals surface area contributed by atoms with Gasteiger partial charge >= 0.3 is 5.97 Å². The van der Waals surface area contributed by atoms with Gasteiger partial charge in [-0.1, -0.05) is 12.1 Å². The number of hydrogen-bond acceptors (Lipinski definition) is 3. The van der Waals surface area contributed by atoms with Crippen LogP contribution in [0.15, 0.2) is 47.1 Å². The van der Waals surface area contributed by atoms with E-state index in [0.717, 1.165) is 11.3 Å². The highest BCUT2D eigenvalue weighted by Crippen LogP contribution is 2.20. The average Bonchev–Trinajstić information content (AvgIpc) is 2.82. The highest BCUT2D eigenvalue weighted by Gasteiger charge is 2.07. The lowest BCUT2D eigenvalue weighted by molar-refractivity contribution is 0.0601. The van der Waals surface area contributed by atoms with Gasteiger partial charge in [0, 0.05) is 5.56 Å². The van der Waals surface area contributed by atoms with Gasteiger partial charge in [-0.25, -0.2) is 4.79 Å². The molecule has 0 spiro atoms. The van der Waals surface area contributed by atoms with Crippen molar-refractivity contribution in [2.24, 2.45) is 0 Å². The molecule has 2 aromatic rings. The van der Waals surface area contributed by atoms with E-state index in [9.17, 15) is 4.79 Å². The Bertz CT molecular complexity index is 457. The minimum Gasteiger partial charge on any atom is -0.465 e. The summed E-state index contributed by atoms with van der Waals surface area (Å²) in [6.07, 6.45) is 1.60. The van der Waals surface area contributed by atoms with Crippen molar-refractivity contribution in [1.29, 1.82) is 0 Å². The first-order valence-corrected chi connectivity index (χ1v) is 4.53. The molecule has 0 amide bonds. The van der Waals surface area contributed by atoms with E-state index in [1.54, 1.807) is 30.5 Å². The van der Waals surface area contributed by atoms with Gasteiger partial charge in [0.05, 0.1) is 18.9 Å². The molecule has 0 atom stereocenters. The number of ether oxygens (including phenoxy) is 1. The van der Waals surface area contributed by atoms with Gasteiger partial charge in [-0.3, -0.25) is 0 Å². The first-order valence-electron chi connectivity index (χ1n) is 4.53. The zero-order chi connectivity index (χ0) is 10.7. The van der Waals surface area contributed by atoms with Crippen LogP contribution in [0.1, 0.15) is 10.4 Å². The first kappa shape index (κ1) is 9.52. The Morgan fingerprint density at radius 2 is 2.13 bits per heavy atom. The van der Waals surface area contributed by atoms with Crippen molar-refractivity contribution in [2.75, 3.05) is 7.11 Å². The molecular weight excluding hydrogens is 192 g/mol. The zero-order valence-corrected chi connectivity index (χ0v) is 8.27. The summed E-state index contributed by atoms with van der Waals surface area (Å²) in [6, 6.07) is 10.8. The minimum atomic E-state index is -0.344. The fourth-order valence-electron chi connectivity index (χ4n) is 1.36. The molecule has 0 fully saturated rings. The van der Waals surface area contributed by atoms with E-state index in [0.29, 0.717) is 5.56 Å². The Hall–Kier alpha value is -2.03. The van der Waals surface area contributed by atoms with Gasteiger partial charge in [-0.15, -0.1) is 0 Å². The van der Waals surface area contributed by atoms with Crippen LogP contribution < -0.4 is 0 Å². The highest BCUT2D eigenvalue weighted by molar-refractivity contribution is 5.90. The molecule has 0 saturated carbocycles. The molecule has 3 heteroatoms. The van der Waals surface area contributed by atoms with Gasteiger partial charge in [0.25, 0.3) is 0 Å². The summed E-state index contributed by atoms with van der Waals surface area (Å²) in [6.45, 7) is 0. The van der Waals surface area contributed by atoms with E-state index in [2.05, 4.69) is 4.74 Å². The molecule has 3 nitrogen and oxygen atoms in total. The van der Waals surface area contributed by atoms with Gasteiger partial charge in [0.15, 0.2) is 0 Å². The van der Waals surface area contributed by atoms with Crippen molar-refractivity contribution in [3.63, 3.8) is 0 Å². The van der Waals surface area contributed by atoms with Crippen molar-refractivity contribution in [1.82, 2.24) is 0 Å². The predicted molar refractivity (Wildman–Crippen MR) is 55.5 cm³/mol. The van der Waals surface area contributed by atoms with Crippen LogP contribution in [0.3, 0.4) is 0 Å². The molecule has 15 heavy (non-hydrogen) atoms. The monoisotopic (exact) mass is 202 g/mol. The largest absolute Gasteiger partial charge is 0.465 e. The van der Waals surface area contributed by atoms with Crippen LogP contribution in [0.5, 0.6) is 0 Å². The molecule has 0 saturated heterocycles. The summed E-state index contributed by atoms with van der Waals surface area (Å²) < 4.78 is 9.87. The standard InChI is InChI=1S/C12H10O3/c1-14-12(13)10-5-2-4-9(8-10)11-6-3-7-15-11/h2-8H,1H3. The lowest BCUT2D eigenvalue weighted by Crippen LogP contribution is -2.00. The quantitative estimate of drug-likeness (QED) is 0.703. The maximum Gasteiger partial charge on any atom is 0.337 e. The van der Waals surface area contributed by atoms with Crippen LogP contribution >= 0.6 is 0 Å². The van der Waals surface area contributed by atoms with Crippen molar-refractivity contribution in [2.45, 2.75) is 0 Å². The van der Waals surface area contributed by atoms with Crippen molar-refractivity contribution in [3.8, 4) is 11.3 Å². The molecule has 1 heterocycles. The molecule has 0 radical (unpaired) electrons. The van der Waals surface area contributed by atoms with Gasteiger partial charge in [0.2, 0.25) is 0 Å². The molecule has 0 aliphatic rings. The van der Waals surface area contributed by atoms with Crippen LogP contribution in [-0.4, -0.2) is 13.1 Å². The van der Waals surface area contributed by atoms with Gasteiger partial charge in [0.1, 0.15) is 5.76 Å². The molecule has 1 aromatic heterocycles. The second kappa shape index (κ2) is 4.00. The van der Waals surface area contributed by atoms with E-state index in [1.165, 1.54) is 7.11 Å². The Balaban J connectivity index is 2.39. The minimum absolute atomic E-state index is 0.344. The molecule has 2 rings (SSSR count). The predicted octanol–water partition coefficient (Wildman–Crippen LogP) is 2.73. The average molecular weight is 202 g/mol. The maximum absolute atomic E-state index is 11.3. The lowest BCUT2D eigenvalue weighted by Gasteiger charge is -2.01. The molecule has 0 bridgehead atoms. The van der Waals surface area contributed by atoms with Crippen LogP contribution in [0.2, 0.25) is 0 Å². The molecule has 76 valence electrons. The molecule has 0 aliphatic carbocycles. The van der Waals surface area contributed by atoms with Gasteiger partial charge in [-0.2, -0.15) is 0 Å². The summed E-state index contributed by atoms with van der Waals surface area (Å²) in [5.74, 6) is 0.393. The number of methoxy groups -OCH3 is 1. The Morgan fingerprint density at radius 1 is 1.27 bits per heavy atom. The lowest BCUT2D eigenvalue weighted by atomic mass is 10.1. The van der Waals surface area contributed by atoms with Crippen LogP contribution in [0, 0.1) is 0 Å². The second-order valence-electron chi connectivity index (χ2n) is 3.05. The first-order chi connectivity index (χ1) is 7.31. The van der Waals surface area contributed by atoms with Crippen LogP contribution in [0.4, 0.5) is 0 Å². The number of rotatable bonds is 2. The number of carbonyl (C=O) groups excluding carboxylic acids is 1. The van der Waals surface area contributed by atoms with Crippen LogP contribution in [-0.2, 0) is 4.74 Å². The zero-order valence-electron chi connectivity index (χ0n) is 8.27. The summed E-state index contributed by atoms with van der Waals surface area (Å²) >= 11 is 0. The third-order valence-corrected chi connectivity index (χ3v) is 2.09. The van der Waals surface area contributed by atoms with Gasteiger partial charge in [-0.05, 0) is 24.3 Å². The fourth-order valence-corrected chi connectivity index (χ4v) is 1.36. The number of hydrogen-bond donors (Lipinski definition) is 0. The number of esters is 1. The summed E-state index contributed by atoms with van der Waals surface area (Å²) in [5, 5.41) is 0. The highest BCUT2D eigenvalue weighted by atomic mass is 16.5. The summed E-state index contributed by atoms with van der Waals surface area (Å²) in [4.78, 5) is 11.3. The van der Waals surface area contributed by atoms with Gasteiger partial charge < -0.3 is 9.15 Å². The van der Waals surface area contributed by atoms with E-state index < -0.39 is 0 Å². The second-order valence-corrected chi connectivity index (χ2v) is 3.05. The van der Waals surface area contributed by atoms with E-state index in [-0.39, 0.29) is 5.97 Å². The molecular formula is C12H10O3. The molecule has 0 unspecified atom stereocenters. The van der Waals surface area contributed by atoms with E-state index in [1.807, 2.05) is 12.1 Å². The molecule has 1 aromatic carbocycles. The van der Waals surface area contributed by atoms with Crippen molar-refractivity contribution >= 4 is 5.97 Å². The fraction of sp³-hybridized carbons (Fsp3) is 0.0833. The Kier molecular flexibility index (Phi) is 2.54. The van der Waals surface area contributed by atoms with E-state index in [4.69, 9.17) is 4.42 Å². The third kappa shape index (κ3) is 1.91. The Labute approximate surface area is 87.3 Å². The van der Waals surface area contributed by atoms with E-state index >= 15 is 0 Å². The van der Waals surface area contributed by atoms with Crippen LogP contribution in [0.25, 0.3) is 11.3 Å². The molecule has 0 N–H and O–H groups in total. The van der Waals surface area contributed by atoms with Crippen molar-refractivity contribution in [3.05, 3.63) is 48.2 Å². The topological polar surface area (TPSA) is 39.4 Å². The number of furan rings is 1. The summed E-state index contributed by atoms with van der Waals surface area (Å²) in [5.41, 5.74) is 1.38. The molecule has 0 aliphatic heterocycles. The van der Waals surface area contributed by atoms with Crippen molar-refractivity contribution < 1.29 is 13.9 Å². The number of benzene rings is 1. The normalized spacial score (nSPS) is 9.93.